The molecule has 0 saturated heterocycles. The van der Waals surface area contributed by atoms with Crippen LogP contribution in [0, 0.1) is 6.92 Å². The van der Waals surface area contributed by atoms with Crippen LogP contribution in [-0.4, -0.2) is 10.1 Å². The van der Waals surface area contributed by atoms with Gasteiger partial charge in [0.2, 0.25) is 0 Å². The fraction of sp³-hybridized carbons (Fsp3) is 0.0625. The number of aromatic hydroxyl groups is 1. The fourth-order valence-corrected chi connectivity index (χ4v) is 1.98. The summed E-state index contributed by atoms with van der Waals surface area (Å²) in [5.41, 5.74) is 0.926. The van der Waals surface area contributed by atoms with Gasteiger partial charge in [-0.1, -0.05) is 24.3 Å². The van der Waals surface area contributed by atoms with E-state index in [1.807, 2.05) is 37.3 Å². The van der Waals surface area contributed by atoms with Crippen LogP contribution in [0.1, 0.15) is 5.56 Å². The van der Waals surface area contributed by atoms with Gasteiger partial charge in [-0.25, -0.2) is 0 Å². The Morgan fingerprint density at radius 1 is 1.00 bits per heavy atom. The number of benzene rings is 2. The highest BCUT2D eigenvalue weighted by Crippen LogP contribution is 2.35. The maximum absolute atomic E-state index is 10.0. The van der Waals surface area contributed by atoms with Crippen molar-refractivity contribution in [2.75, 3.05) is 0 Å². The van der Waals surface area contributed by atoms with Gasteiger partial charge in [-0.05, 0) is 35.9 Å². The third-order valence-electron chi connectivity index (χ3n) is 3.02. The first-order valence-corrected chi connectivity index (χ1v) is 6.04. The number of hydrogen-bond donors (Lipinski definition) is 1. The largest absolute Gasteiger partial charge is 0.504 e. The minimum atomic E-state index is 0.134. The normalized spacial score (nSPS) is 10.6. The number of ether oxygens (including phenoxy) is 1. The summed E-state index contributed by atoms with van der Waals surface area (Å²) in [5.74, 6) is 1.28. The molecular weight excluding hydrogens is 238 g/mol. The highest BCUT2D eigenvalue weighted by Gasteiger charge is 2.07. The Bertz CT molecular complexity index is 738. The van der Waals surface area contributed by atoms with E-state index in [4.69, 9.17) is 4.74 Å². The number of fused-ring (bicyclic) bond motifs is 1. The summed E-state index contributed by atoms with van der Waals surface area (Å²) in [6, 6.07) is 13.2. The van der Waals surface area contributed by atoms with Crippen LogP contribution in [-0.2, 0) is 0 Å². The van der Waals surface area contributed by atoms with E-state index in [1.54, 1.807) is 24.5 Å². The van der Waals surface area contributed by atoms with Crippen molar-refractivity contribution < 1.29 is 9.84 Å². The van der Waals surface area contributed by atoms with Gasteiger partial charge >= 0.3 is 0 Å². The van der Waals surface area contributed by atoms with Crippen molar-refractivity contribution in [2.45, 2.75) is 6.92 Å². The van der Waals surface area contributed by atoms with Crippen molar-refractivity contribution in [3.63, 3.8) is 0 Å². The van der Waals surface area contributed by atoms with Gasteiger partial charge in [-0.15, -0.1) is 0 Å². The van der Waals surface area contributed by atoms with Crippen molar-refractivity contribution in [2.24, 2.45) is 0 Å². The van der Waals surface area contributed by atoms with Crippen LogP contribution in [0.2, 0.25) is 0 Å². The molecule has 0 unspecified atom stereocenters. The molecule has 19 heavy (non-hydrogen) atoms. The summed E-state index contributed by atoms with van der Waals surface area (Å²) in [4.78, 5) is 4.02. The standard InChI is InChI=1S/C16H13NO2/c1-11-10-17-7-6-15(11)19-16-9-13-5-3-2-4-12(13)8-14(16)18/h2-10,18H,1H3. The molecule has 1 heterocycles. The molecule has 94 valence electrons. The van der Waals surface area contributed by atoms with Crippen LogP contribution < -0.4 is 4.74 Å². The van der Waals surface area contributed by atoms with Gasteiger partial charge in [0.25, 0.3) is 0 Å². The SMILES string of the molecule is Cc1cnccc1Oc1cc2ccccc2cc1O. The summed E-state index contributed by atoms with van der Waals surface area (Å²) in [6.45, 7) is 1.92. The van der Waals surface area contributed by atoms with Gasteiger partial charge in [0.1, 0.15) is 5.75 Å². The second-order valence-corrected chi connectivity index (χ2v) is 4.41. The van der Waals surface area contributed by atoms with Crippen LogP contribution in [0.15, 0.2) is 54.9 Å². The highest BCUT2D eigenvalue weighted by atomic mass is 16.5. The summed E-state index contributed by atoms with van der Waals surface area (Å²) < 4.78 is 5.76. The molecule has 3 heteroatoms. The van der Waals surface area contributed by atoms with Gasteiger partial charge in [-0.2, -0.15) is 0 Å². The third kappa shape index (κ3) is 2.22. The van der Waals surface area contributed by atoms with E-state index in [9.17, 15) is 5.11 Å². The zero-order chi connectivity index (χ0) is 13.2. The van der Waals surface area contributed by atoms with Crippen LogP contribution >= 0.6 is 0 Å². The number of rotatable bonds is 2. The Balaban J connectivity index is 2.06. The van der Waals surface area contributed by atoms with Crippen molar-refractivity contribution in [1.82, 2.24) is 4.98 Å². The van der Waals surface area contributed by atoms with E-state index in [-0.39, 0.29) is 5.75 Å². The van der Waals surface area contributed by atoms with Crippen molar-refractivity contribution in [3.05, 3.63) is 60.4 Å². The Hall–Kier alpha value is -2.55. The zero-order valence-corrected chi connectivity index (χ0v) is 10.5. The molecule has 0 atom stereocenters. The van der Waals surface area contributed by atoms with E-state index in [0.717, 1.165) is 16.3 Å². The first-order chi connectivity index (χ1) is 9.24. The lowest BCUT2D eigenvalue weighted by atomic mass is 10.1. The maximum atomic E-state index is 10.0. The molecule has 0 bridgehead atoms. The minimum absolute atomic E-state index is 0.134. The molecule has 0 radical (unpaired) electrons. The van der Waals surface area contributed by atoms with Crippen molar-refractivity contribution in [1.29, 1.82) is 0 Å². The molecule has 3 aromatic rings. The van der Waals surface area contributed by atoms with Gasteiger partial charge in [-0.3, -0.25) is 4.98 Å². The first kappa shape index (κ1) is 11.5. The Morgan fingerprint density at radius 2 is 1.74 bits per heavy atom. The second kappa shape index (κ2) is 4.61. The number of pyridine rings is 1. The van der Waals surface area contributed by atoms with E-state index in [2.05, 4.69) is 4.98 Å². The molecule has 0 fully saturated rings. The number of aromatic nitrogens is 1. The third-order valence-corrected chi connectivity index (χ3v) is 3.02. The van der Waals surface area contributed by atoms with Crippen LogP contribution in [0.25, 0.3) is 10.8 Å². The number of hydrogen-bond acceptors (Lipinski definition) is 3. The molecule has 1 N–H and O–H groups in total. The predicted octanol–water partition coefficient (Wildman–Crippen LogP) is 4.04. The summed E-state index contributed by atoms with van der Waals surface area (Å²) in [7, 11) is 0. The zero-order valence-electron chi connectivity index (χ0n) is 10.5. The van der Waals surface area contributed by atoms with Gasteiger partial charge < -0.3 is 9.84 Å². The molecular formula is C16H13NO2. The van der Waals surface area contributed by atoms with Crippen LogP contribution in [0.4, 0.5) is 0 Å². The van der Waals surface area contributed by atoms with E-state index in [0.29, 0.717) is 11.5 Å². The average Bonchev–Trinajstić information content (AvgIpc) is 2.42. The fourth-order valence-electron chi connectivity index (χ4n) is 1.98. The summed E-state index contributed by atoms with van der Waals surface area (Å²) in [5, 5.41) is 12.0. The number of nitrogens with zero attached hydrogens (tertiary/aromatic N) is 1. The minimum Gasteiger partial charge on any atom is -0.504 e. The molecule has 1 aromatic heterocycles. The average molecular weight is 251 g/mol. The van der Waals surface area contributed by atoms with Crippen LogP contribution in [0.5, 0.6) is 17.2 Å². The molecule has 3 nitrogen and oxygen atoms in total. The van der Waals surface area contributed by atoms with Gasteiger partial charge in [0.05, 0.1) is 0 Å². The van der Waals surface area contributed by atoms with E-state index < -0.39 is 0 Å². The first-order valence-electron chi connectivity index (χ1n) is 6.04. The monoisotopic (exact) mass is 251 g/mol. The molecule has 0 aliphatic rings. The molecule has 0 amide bonds. The van der Waals surface area contributed by atoms with Gasteiger partial charge in [0, 0.05) is 18.0 Å². The van der Waals surface area contributed by atoms with E-state index >= 15 is 0 Å². The lowest BCUT2D eigenvalue weighted by Gasteiger charge is -2.10. The predicted molar refractivity (Wildman–Crippen MR) is 74.7 cm³/mol. The lowest BCUT2D eigenvalue weighted by molar-refractivity contribution is 0.410. The highest BCUT2D eigenvalue weighted by molar-refractivity contribution is 5.86. The molecule has 2 aromatic carbocycles. The topological polar surface area (TPSA) is 42.4 Å². The number of phenols is 1. The molecule has 0 saturated carbocycles. The Labute approximate surface area is 111 Å². The molecule has 0 aliphatic carbocycles. The van der Waals surface area contributed by atoms with Crippen LogP contribution in [0.3, 0.4) is 0 Å². The molecule has 3 rings (SSSR count). The second-order valence-electron chi connectivity index (χ2n) is 4.41. The Kier molecular flexibility index (Phi) is 2.80. The lowest BCUT2D eigenvalue weighted by Crippen LogP contribution is -1.89. The number of phenolic OH excluding ortho intramolecular Hbond substituents is 1. The Morgan fingerprint density at radius 3 is 2.47 bits per heavy atom. The molecule has 0 spiro atoms. The van der Waals surface area contributed by atoms with E-state index in [1.165, 1.54) is 0 Å². The maximum Gasteiger partial charge on any atom is 0.169 e. The quantitative estimate of drug-likeness (QED) is 0.747. The molecule has 0 aliphatic heterocycles. The van der Waals surface area contributed by atoms with Gasteiger partial charge in [0.15, 0.2) is 11.5 Å². The summed E-state index contributed by atoms with van der Waals surface area (Å²) >= 11 is 0. The summed E-state index contributed by atoms with van der Waals surface area (Å²) in [6.07, 6.45) is 3.40. The number of aryl methyl sites for hydroxylation is 1. The van der Waals surface area contributed by atoms with Crippen molar-refractivity contribution in [3.8, 4) is 17.2 Å². The van der Waals surface area contributed by atoms with Crippen molar-refractivity contribution >= 4 is 10.8 Å². The smallest absolute Gasteiger partial charge is 0.169 e.